The molecule has 2 heterocycles. The molecule has 3 aromatic rings. The topological polar surface area (TPSA) is 106 Å². The summed E-state index contributed by atoms with van der Waals surface area (Å²) >= 11 is 1.13. The van der Waals surface area contributed by atoms with Gasteiger partial charge in [-0.1, -0.05) is 25.1 Å². The minimum absolute atomic E-state index is 0.00862. The number of fused-ring (bicyclic) bond motifs is 1. The summed E-state index contributed by atoms with van der Waals surface area (Å²) < 4.78 is 49.8. The average Bonchev–Trinajstić information content (AvgIpc) is 3.15. The number of thioether (sulfide) groups is 1. The number of alkyl halides is 2. The van der Waals surface area contributed by atoms with Gasteiger partial charge in [0.2, 0.25) is 20.9 Å². The number of anilines is 1. The van der Waals surface area contributed by atoms with Crippen molar-refractivity contribution in [2.45, 2.75) is 55.8 Å². The van der Waals surface area contributed by atoms with Crippen LogP contribution in [-0.2, 0) is 21.1 Å². The molecular formula is C20H23F2N5O3S2. The molecule has 0 saturated carbocycles. The monoisotopic (exact) mass is 483 g/mol. The van der Waals surface area contributed by atoms with E-state index in [0.717, 1.165) is 60.1 Å². The number of carbonyl (C=O) groups is 1. The smallest absolute Gasteiger partial charge is 0.325 e. The van der Waals surface area contributed by atoms with Gasteiger partial charge in [-0.3, -0.25) is 4.79 Å². The van der Waals surface area contributed by atoms with Crippen LogP contribution < -0.4 is 5.32 Å². The summed E-state index contributed by atoms with van der Waals surface area (Å²) in [5.74, 6) is -3.39. The summed E-state index contributed by atoms with van der Waals surface area (Å²) in [5, 5.41) is 7.43. The number of benzene rings is 1. The van der Waals surface area contributed by atoms with Crippen molar-refractivity contribution >= 4 is 39.0 Å². The van der Waals surface area contributed by atoms with Crippen LogP contribution in [-0.4, -0.2) is 45.4 Å². The van der Waals surface area contributed by atoms with Crippen LogP contribution >= 0.6 is 11.8 Å². The summed E-state index contributed by atoms with van der Waals surface area (Å²) in [4.78, 5) is 20.6. The Balaban J connectivity index is 1.65. The third-order valence-electron chi connectivity index (χ3n) is 4.84. The van der Waals surface area contributed by atoms with Crippen LogP contribution in [0.5, 0.6) is 0 Å². The van der Waals surface area contributed by atoms with E-state index in [9.17, 15) is 22.0 Å². The number of hydrogen-bond acceptors (Lipinski definition) is 7. The van der Waals surface area contributed by atoms with Crippen molar-refractivity contribution in [2.75, 3.05) is 11.1 Å². The van der Waals surface area contributed by atoms with Crippen molar-refractivity contribution in [1.82, 2.24) is 19.6 Å². The second-order valence-corrected chi connectivity index (χ2v) is 10.00. The average molecular weight is 484 g/mol. The number of unbranched alkanes of at least 4 members (excludes halogenated alkanes) is 1. The number of aryl methyl sites for hydroxylation is 2. The number of hydrogen-bond donors (Lipinski definition) is 1. The van der Waals surface area contributed by atoms with E-state index >= 15 is 0 Å². The van der Waals surface area contributed by atoms with Crippen molar-refractivity contribution in [3.05, 3.63) is 41.2 Å². The van der Waals surface area contributed by atoms with Crippen LogP contribution in [0.4, 0.5) is 14.5 Å². The summed E-state index contributed by atoms with van der Waals surface area (Å²) in [6.45, 7) is 6.05. The molecule has 0 radical (unpaired) electrons. The highest BCUT2D eigenvalue weighted by molar-refractivity contribution is 7.99. The molecule has 12 heteroatoms. The lowest BCUT2D eigenvalue weighted by molar-refractivity contribution is -0.113. The number of amides is 1. The second kappa shape index (κ2) is 9.90. The molecule has 1 amide bonds. The summed E-state index contributed by atoms with van der Waals surface area (Å²) in [6, 6.07) is 4.57. The number of nitrogens with zero attached hydrogens (tertiary/aromatic N) is 4. The van der Waals surface area contributed by atoms with Crippen molar-refractivity contribution in [1.29, 1.82) is 0 Å². The molecule has 0 aliphatic heterocycles. The highest BCUT2D eigenvalue weighted by Crippen LogP contribution is 2.22. The van der Waals surface area contributed by atoms with Gasteiger partial charge in [0.15, 0.2) is 0 Å². The van der Waals surface area contributed by atoms with Crippen LogP contribution in [0, 0.1) is 13.8 Å². The lowest BCUT2D eigenvalue weighted by Crippen LogP contribution is -2.15. The molecule has 2 aromatic heterocycles. The Bertz CT molecular complexity index is 1230. The number of rotatable bonds is 9. The van der Waals surface area contributed by atoms with E-state index in [1.54, 1.807) is 4.52 Å². The fourth-order valence-electron chi connectivity index (χ4n) is 3.12. The molecule has 1 N–H and O–H groups in total. The molecule has 172 valence electrons. The zero-order valence-electron chi connectivity index (χ0n) is 17.8. The van der Waals surface area contributed by atoms with E-state index < -0.39 is 20.5 Å². The maximum Gasteiger partial charge on any atom is 0.341 e. The fraction of sp³-hybridized carbons (Fsp3) is 0.400. The molecule has 3 rings (SSSR count). The largest absolute Gasteiger partial charge is 0.341 e. The molecule has 0 bridgehead atoms. The minimum Gasteiger partial charge on any atom is -0.325 e. The first kappa shape index (κ1) is 24.1. The van der Waals surface area contributed by atoms with Crippen LogP contribution in [0.25, 0.3) is 5.78 Å². The van der Waals surface area contributed by atoms with Crippen LogP contribution in [0.2, 0.25) is 0 Å². The van der Waals surface area contributed by atoms with Gasteiger partial charge in [-0.05, 0) is 56.5 Å². The third kappa shape index (κ3) is 5.23. The van der Waals surface area contributed by atoms with E-state index in [4.69, 9.17) is 0 Å². The Morgan fingerprint density at radius 3 is 2.50 bits per heavy atom. The van der Waals surface area contributed by atoms with Gasteiger partial charge in [0.05, 0.1) is 10.6 Å². The molecule has 1 aromatic carbocycles. The van der Waals surface area contributed by atoms with Gasteiger partial charge in [-0.15, -0.1) is 5.10 Å². The molecule has 0 unspecified atom stereocenters. The summed E-state index contributed by atoms with van der Waals surface area (Å²) in [6.07, 6.45) is 3.05. The normalized spacial score (nSPS) is 11.9. The minimum atomic E-state index is -4.67. The number of halogens is 2. The number of sulfone groups is 1. The Kier molecular flexibility index (Phi) is 7.44. The fourth-order valence-corrected chi connectivity index (χ4v) is 4.46. The maximum atomic E-state index is 12.6. The Hall–Kier alpha value is -2.60. The number of nitrogens with one attached hydrogen (secondary N) is 1. The Morgan fingerprint density at radius 1 is 1.19 bits per heavy atom. The molecular weight excluding hydrogens is 460 g/mol. The molecule has 0 atom stereocenters. The standard InChI is InChI=1S/C20H23F2N5O3S2/c1-4-5-6-16-12(2)23-19-25-20(26-27(19)13(16)3)31-11-17(28)24-14-7-9-15(10-8-14)32(29,30)18(21)22/h7-10,18H,4-6,11H2,1-3H3,(H,24,28). The zero-order valence-corrected chi connectivity index (χ0v) is 19.4. The zero-order chi connectivity index (χ0) is 23.5. The van der Waals surface area contributed by atoms with Crippen LogP contribution in [0.3, 0.4) is 0 Å². The predicted molar refractivity (Wildman–Crippen MR) is 118 cm³/mol. The van der Waals surface area contributed by atoms with Gasteiger partial charge in [-0.2, -0.15) is 13.8 Å². The molecule has 0 saturated heterocycles. The van der Waals surface area contributed by atoms with E-state index in [1.807, 2.05) is 13.8 Å². The van der Waals surface area contributed by atoms with Gasteiger partial charge in [0.1, 0.15) is 0 Å². The second-order valence-electron chi connectivity index (χ2n) is 7.14. The first-order chi connectivity index (χ1) is 15.1. The maximum absolute atomic E-state index is 12.6. The summed E-state index contributed by atoms with van der Waals surface area (Å²) in [7, 11) is -4.67. The van der Waals surface area contributed by atoms with Gasteiger partial charge in [0.25, 0.3) is 5.78 Å². The van der Waals surface area contributed by atoms with E-state index in [1.165, 1.54) is 12.1 Å². The van der Waals surface area contributed by atoms with E-state index in [2.05, 4.69) is 27.3 Å². The third-order valence-corrected chi connectivity index (χ3v) is 7.08. The van der Waals surface area contributed by atoms with E-state index in [0.29, 0.717) is 16.6 Å². The quantitative estimate of drug-likeness (QED) is 0.461. The molecule has 0 fully saturated rings. The van der Waals surface area contributed by atoms with Gasteiger partial charge in [0, 0.05) is 17.1 Å². The molecule has 0 aliphatic rings. The first-order valence-corrected chi connectivity index (χ1v) is 12.4. The summed E-state index contributed by atoms with van der Waals surface area (Å²) in [5.41, 5.74) is 3.34. The molecule has 8 nitrogen and oxygen atoms in total. The first-order valence-electron chi connectivity index (χ1n) is 9.91. The van der Waals surface area contributed by atoms with Gasteiger partial charge in [-0.25, -0.2) is 17.9 Å². The molecule has 32 heavy (non-hydrogen) atoms. The molecule has 0 spiro atoms. The SMILES string of the molecule is CCCCc1c(C)nc2nc(SCC(=O)Nc3ccc(S(=O)(=O)C(F)F)cc3)nn2c1C. The number of carbonyl (C=O) groups excluding carboxylic acids is 1. The van der Waals surface area contributed by atoms with Crippen molar-refractivity contribution < 1.29 is 22.0 Å². The highest BCUT2D eigenvalue weighted by atomic mass is 32.2. The Labute approximate surface area is 188 Å². The lowest BCUT2D eigenvalue weighted by Gasteiger charge is -2.09. The van der Waals surface area contributed by atoms with Crippen molar-refractivity contribution in [3.63, 3.8) is 0 Å². The van der Waals surface area contributed by atoms with Gasteiger partial charge < -0.3 is 5.32 Å². The predicted octanol–water partition coefficient (Wildman–Crippen LogP) is 3.81. The van der Waals surface area contributed by atoms with E-state index in [-0.39, 0.29) is 11.7 Å². The lowest BCUT2D eigenvalue weighted by atomic mass is 10.1. The molecule has 0 aliphatic carbocycles. The van der Waals surface area contributed by atoms with Crippen molar-refractivity contribution in [2.24, 2.45) is 0 Å². The Morgan fingerprint density at radius 2 is 1.88 bits per heavy atom. The highest BCUT2D eigenvalue weighted by Gasteiger charge is 2.26. The number of aromatic nitrogens is 4. The van der Waals surface area contributed by atoms with Gasteiger partial charge >= 0.3 is 5.76 Å². The van der Waals surface area contributed by atoms with Crippen LogP contribution in [0.1, 0.15) is 36.7 Å². The van der Waals surface area contributed by atoms with Crippen LogP contribution in [0.15, 0.2) is 34.3 Å². The van der Waals surface area contributed by atoms with Crippen molar-refractivity contribution in [3.8, 4) is 0 Å².